The quantitative estimate of drug-likeness (QED) is 0.495. The van der Waals surface area contributed by atoms with Crippen molar-refractivity contribution in [2.24, 2.45) is 5.92 Å². The molecule has 0 amide bonds. The molecule has 0 aliphatic carbocycles. The molecule has 144 valence electrons. The van der Waals surface area contributed by atoms with E-state index in [9.17, 15) is 4.79 Å². The van der Waals surface area contributed by atoms with Gasteiger partial charge in [0.15, 0.2) is 0 Å². The topological polar surface area (TPSA) is 32.8 Å². The molecule has 1 unspecified atom stereocenters. The lowest BCUT2D eigenvalue weighted by Crippen LogP contribution is -2.31. The number of esters is 1. The summed E-state index contributed by atoms with van der Waals surface area (Å²) in [5.41, 5.74) is 2.13. The van der Waals surface area contributed by atoms with E-state index in [0.717, 1.165) is 43.2 Å². The lowest BCUT2D eigenvalue weighted by Gasteiger charge is -2.27. The number of nitrogens with zero attached hydrogens (tertiary/aromatic N) is 2. The Bertz CT molecular complexity index is 573. The maximum absolute atomic E-state index is 11.7. The third-order valence-electron chi connectivity index (χ3n) is 5.26. The molecule has 1 aliphatic heterocycles. The summed E-state index contributed by atoms with van der Waals surface area (Å²) in [5, 5.41) is 0. The molecule has 0 N–H and O–H groups in total. The predicted octanol–water partition coefficient (Wildman–Crippen LogP) is 3.91. The molecule has 1 aromatic carbocycles. The molecule has 1 atom stereocenters. The van der Waals surface area contributed by atoms with Crippen LogP contribution in [0.25, 0.3) is 0 Å². The number of benzene rings is 1. The van der Waals surface area contributed by atoms with Crippen molar-refractivity contribution in [3.8, 4) is 0 Å². The van der Waals surface area contributed by atoms with Gasteiger partial charge in [0.1, 0.15) is 0 Å². The molecule has 0 radical (unpaired) electrons. The summed E-state index contributed by atoms with van der Waals surface area (Å²) in [6.07, 6.45) is 7.36. The minimum Gasteiger partial charge on any atom is -0.469 e. The Morgan fingerprint density at radius 1 is 1.35 bits per heavy atom. The van der Waals surface area contributed by atoms with Gasteiger partial charge in [-0.05, 0) is 62.9 Å². The second-order valence-electron chi connectivity index (χ2n) is 7.35. The number of ether oxygens (including phenoxy) is 1. The van der Waals surface area contributed by atoms with Crippen LogP contribution in [0.4, 0.5) is 5.69 Å². The zero-order valence-electron chi connectivity index (χ0n) is 16.5. The molecular weight excluding hydrogens is 324 g/mol. The third-order valence-corrected chi connectivity index (χ3v) is 5.26. The van der Waals surface area contributed by atoms with Crippen molar-refractivity contribution in [2.45, 2.75) is 39.0 Å². The second-order valence-corrected chi connectivity index (χ2v) is 7.35. The lowest BCUT2D eigenvalue weighted by molar-refractivity contribution is -0.139. The number of carbonyl (C=O) groups is 1. The van der Waals surface area contributed by atoms with E-state index in [1.807, 2.05) is 24.3 Å². The fraction of sp³-hybridized carbons (Fsp3) is 0.591. The molecule has 1 aromatic rings. The molecule has 2 rings (SSSR count). The van der Waals surface area contributed by atoms with Crippen LogP contribution in [0, 0.1) is 5.92 Å². The summed E-state index contributed by atoms with van der Waals surface area (Å²) in [6.45, 7) is 11.6. The fourth-order valence-corrected chi connectivity index (χ4v) is 3.69. The van der Waals surface area contributed by atoms with E-state index in [0.29, 0.717) is 6.42 Å². The Kier molecular flexibility index (Phi) is 8.69. The van der Waals surface area contributed by atoms with Crippen LogP contribution >= 0.6 is 0 Å². The van der Waals surface area contributed by atoms with Gasteiger partial charge < -0.3 is 14.5 Å². The highest BCUT2D eigenvalue weighted by molar-refractivity contribution is 5.75. The van der Waals surface area contributed by atoms with E-state index in [4.69, 9.17) is 4.74 Å². The Morgan fingerprint density at radius 2 is 2.15 bits per heavy atom. The number of hydrogen-bond acceptors (Lipinski definition) is 4. The van der Waals surface area contributed by atoms with Gasteiger partial charge in [0.05, 0.1) is 13.5 Å². The van der Waals surface area contributed by atoms with Gasteiger partial charge in [-0.15, -0.1) is 6.58 Å². The zero-order valence-corrected chi connectivity index (χ0v) is 16.5. The zero-order chi connectivity index (χ0) is 18.8. The molecule has 26 heavy (non-hydrogen) atoms. The molecule has 1 aliphatic rings. The lowest BCUT2D eigenvalue weighted by atomic mass is 10.0. The number of rotatable bonds is 9. The summed E-state index contributed by atoms with van der Waals surface area (Å²) < 4.78 is 4.85. The van der Waals surface area contributed by atoms with Gasteiger partial charge >= 0.3 is 5.97 Å². The van der Waals surface area contributed by atoms with E-state index in [1.54, 1.807) is 0 Å². The standard InChI is InChI=1S/C22H34N2O2/c1-4-13-24(16-8-15-23-14-7-9-19(2)12-17-23)21-11-6-5-10-20(21)18-22(25)26-3/h4-6,10-11,19H,1,7-9,12-18H2,2-3H3. The molecule has 1 fully saturated rings. The number of likely N-dealkylation sites (tertiary alicyclic amines) is 1. The first-order valence-electron chi connectivity index (χ1n) is 9.87. The summed E-state index contributed by atoms with van der Waals surface area (Å²) >= 11 is 0. The van der Waals surface area contributed by atoms with Crippen molar-refractivity contribution in [3.63, 3.8) is 0 Å². The van der Waals surface area contributed by atoms with E-state index >= 15 is 0 Å². The van der Waals surface area contributed by atoms with Crippen molar-refractivity contribution in [1.29, 1.82) is 0 Å². The summed E-state index contributed by atoms with van der Waals surface area (Å²) in [4.78, 5) is 16.7. The summed E-state index contributed by atoms with van der Waals surface area (Å²) in [6, 6.07) is 8.11. The smallest absolute Gasteiger partial charge is 0.310 e. The van der Waals surface area contributed by atoms with Crippen LogP contribution in [0.2, 0.25) is 0 Å². The van der Waals surface area contributed by atoms with E-state index < -0.39 is 0 Å². The number of para-hydroxylation sites is 1. The maximum Gasteiger partial charge on any atom is 0.310 e. The van der Waals surface area contributed by atoms with E-state index in [-0.39, 0.29) is 5.97 Å². The average molecular weight is 359 g/mol. The highest BCUT2D eigenvalue weighted by Crippen LogP contribution is 2.22. The van der Waals surface area contributed by atoms with Gasteiger partial charge in [-0.1, -0.05) is 31.2 Å². The normalized spacial score (nSPS) is 18.2. The number of methoxy groups -OCH3 is 1. The first-order chi connectivity index (χ1) is 12.6. The predicted molar refractivity (Wildman–Crippen MR) is 109 cm³/mol. The van der Waals surface area contributed by atoms with Crippen molar-refractivity contribution < 1.29 is 9.53 Å². The monoisotopic (exact) mass is 358 g/mol. The molecule has 0 saturated carbocycles. The minimum atomic E-state index is -0.199. The van der Waals surface area contributed by atoms with Crippen LogP contribution in [0.5, 0.6) is 0 Å². The molecule has 0 bridgehead atoms. The van der Waals surface area contributed by atoms with Crippen LogP contribution in [-0.2, 0) is 16.0 Å². The molecule has 0 aromatic heterocycles. The molecule has 1 saturated heterocycles. The average Bonchev–Trinajstić information content (AvgIpc) is 2.86. The maximum atomic E-state index is 11.7. The fourth-order valence-electron chi connectivity index (χ4n) is 3.69. The van der Waals surface area contributed by atoms with E-state index in [2.05, 4.69) is 29.4 Å². The Morgan fingerprint density at radius 3 is 2.92 bits per heavy atom. The molecule has 0 spiro atoms. The Hall–Kier alpha value is -1.81. The second kappa shape index (κ2) is 11.0. The SMILES string of the molecule is C=CCN(CCCN1CCCC(C)CC1)c1ccccc1CC(=O)OC. The highest BCUT2D eigenvalue weighted by atomic mass is 16.5. The van der Waals surface area contributed by atoms with Gasteiger partial charge in [-0.2, -0.15) is 0 Å². The molecular formula is C22H34N2O2. The largest absolute Gasteiger partial charge is 0.469 e. The summed E-state index contributed by atoms with van der Waals surface area (Å²) in [5.74, 6) is 0.664. The van der Waals surface area contributed by atoms with Crippen LogP contribution in [-0.4, -0.2) is 50.7 Å². The molecule has 4 heteroatoms. The van der Waals surface area contributed by atoms with Gasteiger partial charge in [0, 0.05) is 18.8 Å². The third kappa shape index (κ3) is 6.49. The van der Waals surface area contributed by atoms with Gasteiger partial charge in [0.2, 0.25) is 0 Å². The van der Waals surface area contributed by atoms with Crippen molar-refractivity contribution in [1.82, 2.24) is 4.90 Å². The van der Waals surface area contributed by atoms with Crippen LogP contribution < -0.4 is 4.90 Å². The van der Waals surface area contributed by atoms with Gasteiger partial charge in [0.25, 0.3) is 0 Å². The Labute approximate surface area is 158 Å². The first-order valence-corrected chi connectivity index (χ1v) is 9.87. The van der Waals surface area contributed by atoms with Gasteiger partial charge in [-0.3, -0.25) is 4.79 Å². The van der Waals surface area contributed by atoms with Crippen molar-refractivity contribution in [2.75, 3.05) is 44.7 Å². The van der Waals surface area contributed by atoms with Crippen LogP contribution in [0.1, 0.15) is 38.2 Å². The van der Waals surface area contributed by atoms with Gasteiger partial charge in [-0.25, -0.2) is 0 Å². The number of carbonyl (C=O) groups excluding carboxylic acids is 1. The first kappa shape index (κ1) is 20.5. The number of hydrogen-bond donors (Lipinski definition) is 0. The molecule has 1 heterocycles. The number of anilines is 1. The van der Waals surface area contributed by atoms with Crippen LogP contribution in [0.15, 0.2) is 36.9 Å². The van der Waals surface area contributed by atoms with Crippen molar-refractivity contribution in [3.05, 3.63) is 42.5 Å². The summed E-state index contributed by atoms with van der Waals surface area (Å²) in [7, 11) is 1.44. The Balaban J connectivity index is 1.96. The van der Waals surface area contributed by atoms with Crippen LogP contribution in [0.3, 0.4) is 0 Å². The van der Waals surface area contributed by atoms with E-state index in [1.165, 1.54) is 39.5 Å². The highest BCUT2D eigenvalue weighted by Gasteiger charge is 2.15. The molecule has 4 nitrogen and oxygen atoms in total. The van der Waals surface area contributed by atoms with Crippen molar-refractivity contribution >= 4 is 11.7 Å². The minimum absolute atomic E-state index is 0.199.